The Labute approximate surface area is 103 Å². The van der Waals surface area contributed by atoms with Crippen molar-refractivity contribution in [3.8, 4) is 0 Å². The lowest BCUT2D eigenvalue weighted by molar-refractivity contribution is 0.0475. The first-order chi connectivity index (χ1) is 7.42. The Balaban J connectivity index is 2.59. The Bertz CT molecular complexity index is 319. The molecule has 0 fully saturated rings. The van der Waals surface area contributed by atoms with E-state index in [-0.39, 0.29) is 0 Å². The minimum atomic E-state index is -0.799. The van der Waals surface area contributed by atoms with Gasteiger partial charge in [-0.15, -0.1) is 0 Å². The maximum Gasteiger partial charge on any atom is 0.0880 e. The molecular weight excluding hydrogens is 222 g/mol. The molecule has 1 aromatic rings. The molecule has 1 rings (SSSR count). The van der Waals surface area contributed by atoms with Crippen LogP contribution in [0.25, 0.3) is 0 Å². The minimum absolute atomic E-state index is 0.445. The van der Waals surface area contributed by atoms with Gasteiger partial charge in [-0.3, -0.25) is 0 Å². The molecule has 0 aliphatic carbocycles. The first-order valence-corrected chi connectivity index (χ1v) is 6.01. The highest BCUT2D eigenvalue weighted by molar-refractivity contribution is 6.30. The first-order valence-electron chi connectivity index (χ1n) is 5.63. The van der Waals surface area contributed by atoms with Gasteiger partial charge in [-0.2, -0.15) is 0 Å². The van der Waals surface area contributed by atoms with Crippen molar-refractivity contribution in [2.45, 2.75) is 38.8 Å². The van der Waals surface area contributed by atoms with E-state index in [1.807, 2.05) is 19.1 Å². The van der Waals surface area contributed by atoms with E-state index < -0.39 is 5.60 Å². The van der Waals surface area contributed by atoms with Crippen molar-refractivity contribution in [2.24, 2.45) is 0 Å². The molecule has 0 aliphatic rings. The lowest BCUT2D eigenvalue weighted by Crippen LogP contribution is -2.31. The number of hydrogen-bond donors (Lipinski definition) is 2. The Morgan fingerprint density at radius 1 is 1.31 bits per heavy atom. The van der Waals surface area contributed by atoms with Crippen molar-refractivity contribution in [3.63, 3.8) is 0 Å². The number of halogens is 1. The molecule has 90 valence electrons. The average Bonchev–Trinajstić information content (AvgIpc) is 2.17. The largest absolute Gasteiger partial charge is 0.385 e. The van der Waals surface area contributed by atoms with Crippen LogP contribution in [-0.4, -0.2) is 17.7 Å². The van der Waals surface area contributed by atoms with E-state index >= 15 is 0 Å². The van der Waals surface area contributed by atoms with Crippen LogP contribution in [0.1, 0.15) is 32.8 Å². The van der Waals surface area contributed by atoms with Crippen molar-refractivity contribution in [1.82, 2.24) is 5.32 Å². The van der Waals surface area contributed by atoms with Crippen molar-refractivity contribution < 1.29 is 5.11 Å². The van der Waals surface area contributed by atoms with Gasteiger partial charge in [0.2, 0.25) is 0 Å². The highest BCUT2D eigenvalue weighted by atomic mass is 35.5. The summed E-state index contributed by atoms with van der Waals surface area (Å²) in [5, 5.41) is 14.3. The predicted octanol–water partition coefficient (Wildman–Crippen LogP) is 2.94. The van der Waals surface area contributed by atoms with Crippen LogP contribution in [-0.2, 0) is 5.60 Å². The van der Waals surface area contributed by atoms with E-state index in [0.29, 0.717) is 17.5 Å². The van der Waals surface area contributed by atoms with E-state index in [9.17, 15) is 5.11 Å². The SMILES string of the molecule is CC(C)NCCC(C)(O)c1ccc(Cl)cc1. The van der Waals surface area contributed by atoms with Crippen LogP contribution in [0.2, 0.25) is 5.02 Å². The maximum atomic E-state index is 10.3. The fourth-order valence-electron chi connectivity index (χ4n) is 1.56. The van der Waals surface area contributed by atoms with Crippen LogP contribution in [0.5, 0.6) is 0 Å². The van der Waals surface area contributed by atoms with E-state index in [0.717, 1.165) is 12.1 Å². The van der Waals surface area contributed by atoms with Crippen LogP contribution in [0, 0.1) is 0 Å². The van der Waals surface area contributed by atoms with E-state index in [1.54, 1.807) is 12.1 Å². The number of nitrogens with one attached hydrogen (secondary N) is 1. The second-order valence-corrected chi connectivity index (χ2v) is 5.08. The van der Waals surface area contributed by atoms with Gasteiger partial charge in [0.05, 0.1) is 5.60 Å². The highest BCUT2D eigenvalue weighted by Gasteiger charge is 2.22. The number of benzene rings is 1. The fraction of sp³-hybridized carbons (Fsp3) is 0.538. The Morgan fingerprint density at radius 3 is 2.38 bits per heavy atom. The van der Waals surface area contributed by atoms with Crippen LogP contribution < -0.4 is 5.32 Å². The molecule has 0 bridgehead atoms. The van der Waals surface area contributed by atoms with Crippen LogP contribution in [0.3, 0.4) is 0 Å². The number of rotatable bonds is 5. The first kappa shape index (κ1) is 13.5. The summed E-state index contributed by atoms with van der Waals surface area (Å²) in [4.78, 5) is 0. The van der Waals surface area contributed by atoms with Crippen molar-refractivity contribution >= 4 is 11.6 Å². The van der Waals surface area contributed by atoms with Gasteiger partial charge < -0.3 is 10.4 Å². The molecule has 0 saturated carbocycles. The van der Waals surface area contributed by atoms with Gasteiger partial charge in [0, 0.05) is 11.1 Å². The molecule has 0 radical (unpaired) electrons. The molecule has 1 atom stereocenters. The molecule has 0 spiro atoms. The standard InChI is InChI=1S/C13H20ClNO/c1-10(2)15-9-8-13(3,16)11-4-6-12(14)7-5-11/h4-7,10,15-16H,8-9H2,1-3H3. The molecule has 0 aromatic heterocycles. The second kappa shape index (κ2) is 5.67. The van der Waals surface area contributed by atoms with Crippen molar-refractivity contribution in [3.05, 3.63) is 34.9 Å². The molecule has 0 heterocycles. The average molecular weight is 242 g/mol. The zero-order chi connectivity index (χ0) is 12.2. The van der Waals surface area contributed by atoms with Gasteiger partial charge in [0.1, 0.15) is 0 Å². The molecule has 2 N–H and O–H groups in total. The zero-order valence-electron chi connectivity index (χ0n) is 10.1. The Kier molecular flexibility index (Phi) is 4.78. The third-order valence-electron chi connectivity index (χ3n) is 2.63. The van der Waals surface area contributed by atoms with Crippen molar-refractivity contribution in [1.29, 1.82) is 0 Å². The fourth-order valence-corrected chi connectivity index (χ4v) is 1.68. The van der Waals surface area contributed by atoms with Crippen LogP contribution in [0.4, 0.5) is 0 Å². The van der Waals surface area contributed by atoms with Gasteiger partial charge in [0.15, 0.2) is 0 Å². The molecule has 1 aromatic carbocycles. The number of aliphatic hydroxyl groups is 1. The molecule has 0 saturated heterocycles. The van der Waals surface area contributed by atoms with Gasteiger partial charge in [0.25, 0.3) is 0 Å². The maximum absolute atomic E-state index is 10.3. The van der Waals surface area contributed by atoms with Crippen LogP contribution in [0.15, 0.2) is 24.3 Å². The van der Waals surface area contributed by atoms with Crippen molar-refractivity contribution in [2.75, 3.05) is 6.54 Å². The van der Waals surface area contributed by atoms with Gasteiger partial charge in [-0.25, -0.2) is 0 Å². The molecule has 0 amide bonds. The van der Waals surface area contributed by atoms with Gasteiger partial charge in [-0.05, 0) is 37.6 Å². The smallest absolute Gasteiger partial charge is 0.0880 e. The second-order valence-electron chi connectivity index (χ2n) is 4.64. The third-order valence-corrected chi connectivity index (χ3v) is 2.88. The lowest BCUT2D eigenvalue weighted by atomic mass is 9.92. The zero-order valence-corrected chi connectivity index (χ0v) is 10.9. The summed E-state index contributed by atoms with van der Waals surface area (Å²) in [5.41, 5.74) is 0.106. The molecule has 2 nitrogen and oxygen atoms in total. The Morgan fingerprint density at radius 2 is 1.88 bits per heavy atom. The molecule has 1 unspecified atom stereocenters. The highest BCUT2D eigenvalue weighted by Crippen LogP contribution is 2.25. The molecular formula is C13H20ClNO. The lowest BCUT2D eigenvalue weighted by Gasteiger charge is -2.24. The summed E-state index contributed by atoms with van der Waals surface area (Å²) in [5.74, 6) is 0. The molecule has 3 heteroatoms. The minimum Gasteiger partial charge on any atom is -0.385 e. The summed E-state index contributed by atoms with van der Waals surface area (Å²) < 4.78 is 0. The quantitative estimate of drug-likeness (QED) is 0.831. The molecule has 16 heavy (non-hydrogen) atoms. The normalized spacial score (nSPS) is 15.1. The molecule has 0 aliphatic heterocycles. The Hall–Kier alpha value is -0.570. The number of hydrogen-bond acceptors (Lipinski definition) is 2. The summed E-state index contributed by atoms with van der Waals surface area (Å²) in [6.45, 7) is 6.82. The van der Waals surface area contributed by atoms with E-state index in [1.165, 1.54) is 0 Å². The summed E-state index contributed by atoms with van der Waals surface area (Å²) in [7, 11) is 0. The van der Waals surface area contributed by atoms with E-state index in [4.69, 9.17) is 11.6 Å². The van der Waals surface area contributed by atoms with Gasteiger partial charge in [-0.1, -0.05) is 37.6 Å². The van der Waals surface area contributed by atoms with E-state index in [2.05, 4.69) is 19.2 Å². The summed E-state index contributed by atoms with van der Waals surface area (Å²) in [6.07, 6.45) is 0.687. The predicted molar refractivity (Wildman–Crippen MR) is 68.8 cm³/mol. The topological polar surface area (TPSA) is 32.3 Å². The third kappa shape index (κ3) is 4.12. The summed E-state index contributed by atoms with van der Waals surface area (Å²) in [6, 6.07) is 7.80. The van der Waals surface area contributed by atoms with Crippen LogP contribution >= 0.6 is 11.6 Å². The monoisotopic (exact) mass is 241 g/mol. The summed E-state index contributed by atoms with van der Waals surface area (Å²) >= 11 is 5.81. The van der Waals surface area contributed by atoms with Gasteiger partial charge >= 0.3 is 0 Å².